The molecule has 3 nitrogen and oxygen atoms in total. The Morgan fingerprint density at radius 1 is 1.40 bits per heavy atom. The molecule has 1 rings (SSSR count). The maximum atomic E-state index is 11.1. The number of carbonyl (C=O) groups excluding carboxylic acids is 1. The zero-order valence-electron chi connectivity index (χ0n) is 8.64. The summed E-state index contributed by atoms with van der Waals surface area (Å²) in [4.78, 5) is 11.1. The summed E-state index contributed by atoms with van der Waals surface area (Å²) in [6, 6.07) is 9.82. The molecule has 0 amide bonds. The topological polar surface area (TPSA) is 46.5 Å². The number of hydrogen-bond acceptors (Lipinski definition) is 3. The summed E-state index contributed by atoms with van der Waals surface area (Å²) in [5.74, 6) is -0.478. The van der Waals surface area contributed by atoms with E-state index in [2.05, 4.69) is 4.74 Å². The predicted molar refractivity (Wildman–Crippen MR) is 57.1 cm³/mol. The van der Waals surface area contributed by atoms with E-state index in [4.69, 9.17) is 5.11 Å². The van der Waals surface area contributed by atoms with Gasteiger partial charge < -0.3 is 9.84 Å². The van der Waals surface area contributed by atoms with Crippen molar-refractivity contribution in [3.8, 4) is 0 Å². The van der Waals surface area contributed by atoms with Crippen LogP contribution in [-0.4, -0.2) is 17.9 Å². The lowest BCUT2D eigenvalue weighted by atomic mass is 10.1. The van der Waals surface area contributed by atoms with E-state index in [1.165, 1.54) is 0 Å². The van der Waals surface area contributed by atoms with Gasteiger partial charge in [0, 0.05) is 5.57 Å². The molecule has 0 fully saturated rings. The van der Waals surface area contributed by atoms with Crippen molar-refractivity contribution < 1.29 is 14.6 Å². The maximum absolute atomic E-state index is 11.1. The van der Waals surface area contributed by atoms with Crippen LogP contribution in [0.1, 0.15) is 12.5 Å². The summed E-state index contributed by atoms with van der Waals surface area (Å²) in [5, 5.41) is 8.40. The Hall–Kier alpha value is -1.61. The summed E-state index contributed by atoms with van der Waals surface area (Å²) in [6.45, 7) is 1.09. The largest absolute Gasteiger partial charge is 0.435 e. The first kappa shape index (κ1) is 11.5. The second-order valence-corrected chi connectivity index (χ2v) is 3.14. The molecule has 80 valence electrons. The monoisotopic (exact) mass is 206 g/mol. The lowest BCUT2D eigenvalue weighted by Crippen LogP contribution is -2.06. The third-order valence-corrected chi connectivity index (χ3v) is 2.00. The van der Waals surface area contributed by atoms with Gasteiger partial charge in [-0.25, -0.2) is 4.79 Å². The van der Waals surface area contributed by atoms with Crippen molar-refractivity contribution in [2.45, 2.75) is 13.3 Å². The first-order chi connectivity index (χ1) is 7.24. The Morgan fingerprint density at radius 3 is 2.67 bits per heavy atom. The van der Waals surface area contributed by atoms with Gasteiger partial charge in [0.1, 0.15) is 0 Å². The number of benzene rings is 1. The molecule has 0 unspecified atom stereocenters. The third kappa shape index (κ3) is 3.95. The van der Waals surface area contributed by atoms with Crippen LogP contribution in [0.3, 0.4) is 0 Å². The minimum Gasteiger partial charge on any atom is -0.435 e. The number of ether oxygens (including phenoxy) is 1. The number of hydrogen-bond donors (Lipinski definition) is 1. The predicted octanol–water partition coefficient (Wildman–Crippen LogP) is 1.67. The zero-order valence-corrected chi connectivity index (χ0v) is 8.64. The molecule has 0 saturated carbocycles. The molecule has 0 aliphatic heterocycles. The van der Waals surface area contributed by atoms with Gasteiger partial charge >= 0.3 is 5.97 Å². The van der Waals surface area contributed by atoms with E-state index in [0.717, 1.165) is 5.56 Å². The third-order valence-electron chi connectivity index (χ3n) is 2.00. The molecule has 0 aliphatic rings. The highest BCUT2D eigenvalue weighted by molar-refractivity contribution is 5.87. The number of aliphatic hydroxyl groups is 1. The van der Waals surface area contributed by atoms with Gasteiger partial charge in [-0.05, 0) is 18.9 Å². The Labute approximate surface area is 89.0 Å². The molecule has 1 N–H and O–H groups in total. The first-order valence-corrected chi connectivity index (χ1v) is 4.72. The van der Waals surface area contributed by atoms with E-state index in [1.807, 2.05) is 30.3 Å². The molecular weight excluding hydrogens is 192 g/mol. The van der Waals surface area contributed by atoms with E-state index in [9.17, 15) is 4.79 Å². The van der Waals surface area contributed by atoms with Gasteiger partial charge in [0.2, 0.25) is 0 Å². The summed E-state index contributed by atoms with van der Waals surface area (Å²) < 4.78 is 4.44. The van der Waals surface area contributed by atoms with E-state index >= 15 is 0 Å². The number of aliphatic hydroxyl groups excluding tert-OH is 1. The SMILES string of the molecule is CC(=CCc1ccccc1)C(=O)OCO. The van der Waals surface area contributed by atoms with Crippen molar-refractivity contribution in [2.75, 3.05) is 6.79 Å². The molecule has 0 heterocycles. The summed E-state index contributed by atoms with van der Waals surface area (Å²) in [6.07, 6.45) is 2.47. The van der Waals surface area contributed by atoms with Crippen LogP contribution in [0, 0.1) is 0 Å². The molecule has 3 heteroatoms. The molecule has 0 saturated heterocycles. The molecule has 0 aromatic heterocycles. The van der Waals surface area contributed by atoms with Crippen molar-refractivity contribution in [1.82, 2.24) is 0 Å². The molecule has 0 atom stereocenters. The molecule has 0 aliphatic carbocycles. The van der Waals surface area contributed by atoms with Gasteiger partial charge in [-0.15, -0.1) is 0 Å². The van der Waals surface area contributed by atoms with Crippen LogP contribution >= 0.6 is 0 Å². The second-order valence-electron chi connectivity index (χ2n) is 3.14. The molecular formula is C12H14O3. The van der Waals surface area contributed by atoms with Crippen LogP contribution in [0.25, 0.3) is 0 Å². The lowest BCUT2D eigenvalue weighted by Gasteiger charge is -2.00. The fraction of sp³-hybridized carbons (Fsp3) is 0.250. The van der Waals surface area contributed by atoms with Gasteiger partial charge in [0.15, 0.2) is 6.79 Å². The second kappa shape index (κ2) is 5.98. The number of esters is 1. The Balaban J connectivity index is 2.54. The minimum absolute atomic E-state index is 0.478. The molecule has 0 spiro atoms. The van der Waals surface area contributed by atoms with E-state index in [1.54, 1.807) is 13.0 Å². The average Bonchev–Trinajstić information content (AvgIpc) is 2.27. The highest BCUT2D eigenvalue weighted by atomic mass is 16.6. The van der Waals surface area contributed by atoms with Gasteiger partial charge in [-0.2, -0.15) is 0 Å². The van der Waals surface area contributed by atoms with Gasteiger partial charge in [-0.1, -0.05) is 36.4 Å². The van der Waals surface area contributed by atoms with Crippen molar-refractivity contribution in [1.29, 1.82) is 0 Å². The van der Waals surface area contributed by atoms with Crippen molar-refractivity contribution in [3.63, 3.8) is 0 Å². The number of rotatable bonds is 4. The normalized spacial score (nSPS) is 11.2. The highest BCUT2D eigenvalue weighted by Crippen LogP contribution is 2.04. The molecule has 15 heavy (non-hydrogen) atoms. The summed E-state index contributed by atoms with van der Waals surface area (Å²) >= 11 is 0. The molecule has 0 bridgehead atoms. The van der Waals surface area contributed by atoms with E-state index in [-0.39, 0.29) is 0 Å². The fourth-order valence-electron chi connectivity index (χ4n) is 1.14. The van der Waals surface area contributed by atoms with Crippen molar-refractivity contribution in [3.05, 3.63) is 47.5 Å². The quantitative estimate of drug-likeness (QED) is 0.463. The molecule has 0 radical (unpaired) electrons. The lowest BCUT2D eigenvalue weighted by molar-refractivity contribution is -0.146. The summed E-state index contributed by atoms with van der Waals surface area (Å²) in [7, 11) is 0. The Morgan fingerprint density at radius 2 is 2.07 bits per heavy atom. The molecule has 1 aromatic rings. The van der Waals surface area contributed by atoms with Crippen LogP contribution in [0.4, 0.5) is 0 Å². The van der Waals surface area contributed by atoms with Crippen LogP contribution in [-0.2, 0) is 16.0 Å². The minimum atomic E-state index is -0.574. The van der Waals surface area contributed by atoms with Crippen molar-refractivity contribution in [2.24, 2.45) is 0 Å². The highest BCUT2D eigenvalue weighted by Gasteiger charge is 2.03. The average molecular weight is 206 g/mol. The van der Waals surface area contributed by atoms with E-state index in [0.29, 0.717) is 12.0 Å². The van der Waals surface area contributed by atoms with Gasteiger partial charge in [0.25, 0.3) is 0 Å². The number of carbonyl (C=O) groups is 1. The molecule has 1 aromatic carbocycles. The standard InChI is InChI=1S/C12H14O3/c1-10(12(14)15-9-13)7-8-11-5-3-2-4-6-11/h2-7,13H,8-9H2,1H3. The van der Waals surface area contributed by atoms with Gasteiger partial charge in [-0.3, -0.25) is 0 Å². The van der Waals surface area contributed by atoms with Gasteiger partial charge in [0.05, 0.1) is 0 Å². The van der Waals surface area contributed by atoms with Crippen LogP contribution in [0.2, 0.25) is 0 Å². The number of allylic oxidation sites excluding steroid dienone is 1. The first-order valence-electron chi connectivity index (χ1n) is 4.72. The van der Waals surface area contributed by atoms with Crippen molar-refractivity contribution >= 4 is 5.97 Å². The van der Waals surface area contributed by atoms with Crippen LogP contribution in [0.15, 0.2) is 42.0 Å². The smallest absolute Gasteiger partial charge is 0.335 e. The Bertz CT molecular complexity index is 341. The van der Waals surface area contributed by atoms with Crippen LogP contribution in [0.5, 0.6) is 0 Å². The van der Waals surface area contributed by atoms with E-state index < -0.39 is 12.8 Å². The van der Waals surface area contributed by atoms with Crippen LogP contribution < -0.4 is 0 Å². The maximum Gasteiger partial charge on any atom is 0.335 e. The summed E-state index contributed by atoms with van der Waals surface area (Å²) in [5.41, 5.74) is 1.64. The Kier molecular flexibility index (Phi) is 4.57. The zero-order chi connectivity index (χ0) is 11.1. The fourth-order valence-corrected chi connectivity index (χ4v) is 1.14.